The van der Waals surface area contributed by atoms with Gasteiger partial charge in [-0.15, -0.1) is 0 Å². The fourth-order valence-corrected chi connectivity index (χ4v) is 3.89. The lowest BCUT2D eigenvalue weighted by Crippen LogP contribution is -2.27. The summed E-state index contributed by atoms with van der Waals surface area (Å²) in [6.45, 7) is 7.02. The molecule has 0 aliphatic heterocycles. The first-order valence-electron chi connectivity index (χ1n) is 9.84. The van der Waals surface area contributed by atoms with E-state index in [9.17, 15) is 18.0 Å². The van der Waals surface area contributed by atoms with Crippen LogP contribution >= 0.6 is 0 Å². The third kappa shape index (κ3) is 3.55. The van der Waals surface area contributed by atoms with Gasteiger partial charge in [0.2, 0.25) is 0 Å². The second-order valence-corrected chi connectivity index (χ2v) is 8.28. The second kappa shape index (κ2) is 6.82. The Labute approximate surface area is 172 Å². The van der Waals surface area contributed by atoms with E-state index in [0.29, 0.717) is 28.1 Å². The SMILES string of the molecule is Cc1nc(NC(C)c2cccc(C(F)(F)F)c2C)c2cn(C3(C)CC3)c(=O)cc2n1. The van der Waals surface area contributed by atoms with Gasteiger partial charge in [0, 0.05) is 17.8 Å². The molecule has 8 heteroatoms. The quantitative estimate of drug-likeness (QED) is 0.642. The molecule has 1 aliphatic rings. The summed E-state index contributed by atoms with van der Waals surface area (Å²) in [6.07, 6.45) is -0.798. The Hall–Kier alpha value is -2.90. The molecular weight excluding hydrogens is 393 g/mol. The molecule has 0 amide bonds. The van der Waals surface area contributed by atoms with Gasteiger partial charge in [-0.3, -0.25) is 4.79 Å². The Morgan fingerprint density at radius 2 is 1.90 bits per heavy atom. The molecule has 1 saturated carbocycles. The van der Waals surface area contributed by atoms with Crippen molar-refractivity contribution < 1.29 is 13.2 Å². The van der Waals surface area contributed by atoms with E-state index in [0.717, 1.165) is 18.9 Å². The molecule has 0 spiro atoms. The lowest BCUT2D eigenvalue weighted by Gasteiger charge is -2.21. The van der Waals surface area contributed by atoms with E-state index in [1.807, 2.05) is 6.92 Å². The average molecular weight is 416 g/mol. The number of anilines is 1. The molecule has 0 bridgehead atoms. The number of nitrogens with one attached hydrogen (secondary N) is 1. The molecule has 2 heterocycles. The molecule has 2 aromatic heterocycles. The number of aromatic nitrogens is 3. The summed E-state index contributed by atoms with van der Waals surface area (Å²) in [5.74, 6) is 0.979. The zero-order valence-corrected chi connectivity index (χ0v) is 17.3. The van der Waals surface area contributed by atoms with E-state index in [2.05, 4.69) is 15.3 Å². The van der Waals surface area contributed by atoms with Gasteiger partial charge in [-0.05, 0) is 57.7 Å². The number of benzene rings is 1. The van der Waals surface area contributed by atoms with Gasteiger partial charge in [-0.2, -0.15) is 13.2 Å². The van der Waals surface area contributed by atoms with Crippen LogP contribution in [0, 0.1) is 13.8 Å². The molecule has 1 N–H and O–H groups in total. The van der Waals surface area contributed by atoms with Crippen LogP contribution in [0.2, 0.25) is 0 Å². The molecule has 0 saturated heterocycles. The first-order chi connectivity index (χ1) is 14.0. The maximum absolute atomic E-state index is 13.3. The number of halogens is 3. The van der Waals surface area contributed by atoms with Crippen molar-refractivity contribution in [3.63, 3.8) is 0 Å². The summed E-state index contributed by atoms with van der Waals surface area (Å²) in [5, 5.41) is 3.92. The lowest BCUT2D eigenvalue weighted by atomic mass is 9.97. The van der Waals surface area contributed by atoms with Crippen molar-refractivity contribution >= 4 is 16.7 Å². The van der Waals surface area contributed by atoms with Crippen LogP contribution in [-0.2, 0) is 11.7 Å². The molecule has 1 unspecified atom stereocenters. The summed E-state index contributed by atoms with van der Waals surface area (Å²) < 4.78 is 41.6. The Morgan fingerprint density at radius 1 is 1.20 bits per heavy atom. The number of nitrogens with zero attached hydrogens (tertiary/aromatic N) is 3. The summed E-state index contributed by atoms with van der Waals surface area (Å²) in [4.78, 5) is 21.4. The minimum Gasteiger partial charge on any atom is -0.363 e. The van der Waals surface area contributed by atoms with Crippen molar-refractivity contribution in [1.82, 2.24) is 14.5 Å². The highest BCUT2D eigenvalue weighted by Crippen LogP contribution is 2.42. The van der Waals surface area contributed by atoms with E-state index >= 15 is 0 Å². The Kier molecular flexibility index (Phi) is 4.63. The molecule has 1 aliphatic carbocycles. The van der Waals surface area contributed by atoms with Crippen LogP contribution in [0.15, 0.2) is 35.3 Å². The predicted octanol–water partition coefficient (Wildman–Crippen LogP) is 5.11. The zero-order chi connectivity index (χ0) is 21.8. The van der Waals surface area contributed by atoms with Gasteiger partial charge in [0.25, 0.3) is 5.56 Å². The molecule has 1 aromatic carbocycles. The Balaban J connectivity index is 1.78. The largest absolute Gasteiger partial charge is 0.416 e. The topological polar surface area (TPSA) is 59.8 Å². The molecule has 3 aromatic rings. The number of pyridine rings is 1. The second-order valence-electron chi connectivity index (χ2n) is 8.28. The van der Waals surface area contributed by atoms with Crippen molar-refractivity contribution in [3.8, 4) is 0 Å². The Morgan fingerprint density at radius 3 is 2.53 bits per heavy atom. The smallest absolute Gasteiger partial charge is 0.363 e. The van der Waals surface area contributed by atoms with Crippen LogP contribution in [-0.4, -0.2) is 14.5 Å². The number of hydrogen-bond donors (Lipinski definition) is 1. The van der Waals surface area contributed by atoms with E-state index in [1.165, 1.54) is 19.1 Å². The van der Waals surface area contributed by atoms with Crippen LogP contribution in [0.1, 0.15) is 55.2 Å². The first kappa shape index (κ1) is 20.4. The standard InChI is InChI=1S/C22H23F3N4O/c1-12-15(6-5-7-17(12)22(23,24)25)13(2)26-20-16-11-29(21(4)8-9-21)19(30)10-18(16)27-14(3)28-20/h5-7,10-11,13H,8-9H2,1-4H3,(H,26,27,28). The minimum atomic E-state index is -4.41. The van der Waals surface area contributed by atoms with Crippen LogP contribution < -0.4 is 10.9 Å². The maximum Gasteiger partial charge on any atom is 0.416 e. The average Bonchev–Trinajstić information content (AvgIpc) is 3.38. The first-order valence-corrected chi connectivity index (χ1v) is 9.84. The lowest BCUT2D eigenvalue weighted by molar-refractivity contribution is -0.138. The molecule has 5 nitrogen and oxygen atoms in total. The van der Waals surface area contributed by atoms with E-state index in [4.69, 9.17) is 0 Å². The van der Waals surface area contributed by atoms with Crippen LogP contribution in [0.5, 0.6) is 0 Å². The fourth-order valence-electron chi connectivity index (χ4n) is 3.89. The van der Waals surface area contributed by atoms with Gasteiger partial charge in [0.05, 0.1) is 22.5 Å². The third-order valence-electron chi connectivity index (χ3n) is 5.90. The number of alkyl halides is 3. The molecular formula is C22H23F3N4O. The number of rotatable bonds is 4. The van der Waals surface area contributed by atoms with Crippen molar-refractivity contribution in [1.29, 1.82) is 0 Å². The molecule has 158 valence electrons. The van der Waals surface area contributed by atoms with Crippen molar-refractivity contribution in [2.75, 3.05) is 5.32 Å². The normalized spacial score (nSPS) is 16.5. The van der Waals surface area contributed by atoms with E-state index in [1.54, 1.807) is 30.7 Å². The highest BCUT2D eigenvalue weighted by molar-refractivity contribution is 5.88. The van der Waals surface area contributed by atoms with Gasteiger partial charge < -0.3 is 9.88 Å². The summed E-state index contributed by atoms with van der Waals surface area (Å²) in [7, 11) is 0. The zero-order valence-electron chi connectivity index (χ0n) is 17.3. The molecule has 1 atom stereocenters. The van der Waals surface area contributed by atoms with E-state index in [-0.39, 0.29) is 16.7 Å². The van der Waals surface area contributed by atoms with Gasteiger partial charge in [-0.25, -0.2) is 9.97 Å². The van der Waals surface area contributed by atoms with Gasteiger partial charge >= 0.3 is 6.18 Å². The highest BCUT2D eigenvalue weighted by Gasteiger charge is 2.40. The van der Waals surface area contributed by atoms with Gasteiger partial charge in [-0.1, -0.05) is 12.1 Å². The van der Waals surface area contributed by atoms with Crippen molar-refractivity contribution in [2.24, 2.45) is 0 Å². The van der Waals surface area contributed by atoms with Crippen molar-refractivity contribution in [3.05, 3.63) is 63.3 Å². The molecule has 30 heavy (non-hydrogen) atoms. The van der Waals surface area contributed by atoms with Gasteiger partial charge in [0.1, 0.15) is 11.6 Å². The van der Waals surface area contributed by atoms with Crippen molar-refractivity contribution in [2.45, 2.75) is 58.3 Å². The molecule has 1 fully saturated rings. The predicted molar refractivity (Wildman–Crippen MR) is 110 cm³/mol. The maximum atomic E-state index is 13.3. The Bertz CT molecular complexity index is 1200. The number of aryl methyl sites for hydroxylation is 1. The minimum absolute atomic E-state index is 0.117. The van der Waals surface area contributed by atoms with Crippen LogP contribution in [0.25, 0.3) is 10.9 Å². The highest BCUT2D eigenvalue weighted by atomic mass is 19.4. The number of fused-ring (bicyclic) bond motifs is 1. The summed E-state index contributed by atoms with van der Waals surface area (Å²) in [6, 6.07) is 5.25. The molecule has 4 rings (SSSR count). The molecule has 0 radical (unpaired) electrons. The monoisotopic (exact) mass is 416 g/mol. The van der Waals surface area contributed by atoms with Crippen LogP contribution in [0.4, 0.5) is 19.0 Å². The fraction of sp³-hybridized carbons (Fsp3) is 0.409. The van der Waals surface area contributed by atoms with E-state index < -0.39 is 17.8 Å². The van der Waals surface area contributed by atoms with Gasteiger partial charge in [0.15, 0.2) is 0 Å². The van der Waals surface area contributed by atoms with Crippen LogP contribution in [0.3, 0.4) is 0 Å². The summed E-state index contributed by atoms with van der Waals surface area (Å²) in [5.41, 5.74) is 0.278. The third-order valence-corrected chi connectivity index (χ3v) is 5.90. The number of hydrogen-bond acceptors (Lipinski definition) is 4. The summed E-state index contributed by atoms with van der Waals surface area (Å²) >= 11 is 0.